The first-order chi connectivity index (χ1) is 15.9. The Morgan fingerprint density at radius 3 is 2.03 bits per heavy atom. The number of guanidine groups is 1. The monoisotopic (exact) mass is 506 g/mol. The highest BCUT2D eigenvalue weighted by molar-refractivity contribution is 7.80. The van der Waals surface area contributed by atoms with Crippen molar-refractivity contribution < 1.29 is 29.4 Å². The van der Waals surface area contributed by atoms with Gasteiger partial charge in [0.1, 0.15) is 18.1 Å². The number of aliphatic hydroxyl groups is 1. The molecule has 0 aliphatic rings. The average Bonchev–Trinajstić information content (AvgIpc) is 2.77. The summed E-state index contributed by atoms with van der Waals surface area (Å²) in [6, 6.07) is -4.76. The summed E-state index contributed by atoms with van der Waals surface area (Å²) in [4.78, 5) is 53.0. The van der Waals surface area contributed by atoms with Crippen molar-refractivity contribution in [3.63, 3.8) is 0 Å². The van der Waals surface area contributed by atoms with Crippen molar-refractivity contribution in [3.8, 4) is 0 Å². The summed E-state index contributed by atoms with van der Waals surface area (Å²) in [7, 11) is 0. The number of aliphatic imine (C=N–C) groups is 1. The van der Waals surface area contributed by atoms with Gasteiger partial charge in [-0.25, -0.2) is 4.79 Å². The maximum atomic E-state index is 12.8. The molecule has 0 saturated heterocycles. The van der Waals surface area contributed by atoms with E-state index in [0.717, 1.165) is 0 Å². The fourth-order valence-electron chi connectivity index (χ4n) is 2.80. The number of amides is 3. The van der Waals surface area contributed by atoms with Gasteiger partial charge < -0.3 is 49.1 Å². The van der Waals surface area contributed by atoms with E-state index in [0.29, 0.717) is 25.8 Å². The van der Waals surface area contributed by atoms with E-state index in [1.54, 1.807) is 0 Å². The second kappa shape index (κ2) is 16.9. The minimum Gasteiger partial charge on any atom is -0.480 e. The van der Waals surface area contributed by atoms with Crippen molar-refractivity contribution >= 4 is 42.3 Å². The number of carbonyl (C=O) groups is 4. The van der Waals surface area contributed by atoms with Crippen molar-refractivity contribution in [3.05, 3.63) is 0 Å². The Bertz CT molecular complexity index is 704. The summed E-state index contributed by atoms with van der Waals surface area (Å²) in [6.07, 6.45) is 0.231. The highest BCUT2D eigenvalue weighted by atomic mass is 32.1. The first-order valence-corrected chi connectivity index (χ1v) is 11.5. The number of nitrogens with one attached hydrogen (secondary N) is 3. The third-order valence-electron chi connectivity index (χ3n) is 4.74. The molecule has 0 aliphatic carbocycles. The molecule has 14 nitrogen and oxygen atoms in total. The van der Waals surface area contributed by atoms with Crippen LogP contribution in [0.2, 0.25) is 0 Å². The van der Waals surface area contributed by atoms with Gasteiger partial charge >= 0.3 is 5.97 Å². The molecule has 0 fully saturated rings. The SMILES string of the molecule is CC(O)C(NC(=O)C(N)CS)C(=O)NC(CCCCN)C(=O)NC(CCCN=C(N)N)C(=O)O. The number of thiol groups is 1. The molecule has 0 heterocycles. The van der Waals surface area contributed by atoms with Crippen molar-refractivity contribution in [2.45, 2.75) is 69.3 Å². The molecular formula is C19H38N8O6S. The van der Waals surface area contributed by atoms with Crippen LogP contribution in [0, 0.1) is 0 Å². The van der Waals surface area contributed by atoms with Crippen LogP contribution in [0.15, 0.2) is 4.99 Å². The summed E-state index contributed by atoms with van der Waals surface area (Å²) >= 11 is 3.92. The zero-order valence-electron chi connectivity index (χ0n) is 19.3. The van der Waals surface area contributed by atoms with Crippen molar-refractivity contribution in [2.75, 3.05) is 18.8 Å². The molecule has 0 aromatic carbocycles. The molecule has 34 heavy (non-hydrogen) atoms. The number of aliphatic hydroxyl groups excluding tert-OH is 1. The van der Waals surface area contributed by atoms with Gasteiger partial charge in [-0.2, -0.15) is 12.6 Å². The third kappa shape index (κ3) is 12.6. The molecule has 0 saturated carbocycles. The highest BCUT2D eigenvalue weighted by Crippen LogP contribution is 2.06. The predicted octanol–water partition coefficient (Wildman–Crippen LogP) is -3.65. The minimum atomic E-state index is -1.39. The number of carboxylic acid groups (broad SMARTS) is 1. The molecule has 0 spiro atoms. The van der Waals surface area contributed by atoms with Crippen molar-refractivity contribution in [2.24, 2.45) is 27.9 Å². The molecule has 0 rings (SSSR count). The quantitative estimate of drug-likeness (QED) is 0.0400. The fraction of sp³-hybridized carbons (Fsp3) is 0.737. The van der Waals surface area contributed by atoms with Gasteiger partial charge in [0.2, 0.25) is 17.7 Å². The van der Waals surface area contributed by atoms with Crippen LogP contribution in [0.1, 0.15) is 39.0 Å². The molecular weight excluding hydrogens is 468 g/mol. The lowest BCUT2D eigenvalue weighted by molar-refractivity contribution is -0.142. The Morgan fingerprint density at radius 2 is 1.53 bits per heavy atom. The predicted molar refractivity (Wildman–Crippen MR) is 130 cm³/mol. The van der Waals surface area contributed by atoms with Crippen LogP contribution >= 0.6 is 12.6 Å². The largest absolute Gasteiger partial charge is 0.480 e. The smallest absolute Gasteiger partial charge is 0.326 e. The van der Waals surface area contributed by atoms with Crippen LogP contribution in [0.3, 0.4) is 0 Å². The summed E-state index contributed by atoms with van der Waals surface area (Å²) in [5.41, 5.74) is 21.5. The van der Waals surface area contributed by atoms with E-state index in [2.05, 4.69) is 33.6 Å². The number of hydrogen-bond donors (Lipinski definition) is 10. The molecule has 13 N–H and O–H groups in total. The van der Waals surface area contributed by atoms with E-state index in [-0.39, 0.29) is 31.1 Å². The first-order valence-electron chi connectivity index (χ1n) is 10.9. The van der Waals surface area contributed by atoms with Crippen molar-refractivity contribution in [1.82, 2.24) is 16.0 Å². The molecule has 15 heteroatoms. The second-order valence-electron chi connectivity index (χ2n) is 7.71. The van der Waals surface area contributed by atoms with E-state index in [1.165, 1.54) is 6.92 Å². The van der Waals surface area contributed by atoms with E-state index in [1.807, 2.05) is 0 Å². The third-order valence-corrected chi connectivity index (χ3v) is 5.13. The number of aliphatic carboxylic acids is 1. The lowest BCUT2D eigenvalue weighted by atomic mass is 10.0. The summed E-state index contributed by atoms with van der Waals surface area (Å²) in [5.74, 6) is -3.64. The van der Waals surface area contributed by atoms with Gasteiger partial charge in [0.05, 0.1) is 12.1 Å². The van der Waals surface area contributed by atoms with Gasteiger partial charge in [0.25, 0.3) is 0 Å². The second-order valence-corrected chi connectivity index (χ2v) is 8.07. The molecule has 3 amide bonds. The zero-order valence-corrected chi connectivity index (χ0v) is 20.2. The normalized spacial score (nSPS) is 15.2. The Morgan fingerprint density at radius 1 is 0.941 bits per heavy atom. The fourth-order valence-corrected chi connectivity index (χ4v) is 2.97. The van der Waals surface area contributed by atoms with Crippen LogP contribution in [0.5, 0.6) is 0 Å². The molecule has 196 valence electrons. The Kier molecular flexibility index (Phi) is 15.6. The van der Waals surface area contributed by atoms with Crippen LogP contribution in [-0.4, -0.2) is 89.0 Å². The minimum absolute atomic E-state index is 0.0177. The summed E-state index contributed by atoms with van der Waals surface area (Å²) < 4.78 is 0. The summed E-state index contributed by atoms with van der Waals surface area (Å²) in [6.45, 7) is 1.83. The number of unbranched alkanes of at least 4 members (excludes halogenated alkanes) is 1. The van der Waals surface area contributed by atoms with E-state index < -0.39 is 54.0 Å². The highest BCUT2D eigenvalue weighted by Gasteiger charge is 2.32. The van der Waals surface area contributed by atoms with Crippen molar-refractivity contribution in [1.29, 1.82) is 0 Å². The van der Waals surface area contributed by atoms with E-state index in [4.69, 9.17) is 22.9 Å². The first kappa shape index (κ1) is 31.4. The Labute approximate surface area is 204 Å². The maximum Gasteiger partial charge on any atom is 0.326 e. The molecule has 0 aromatic rings. The number of hydrogen-bond acceptors (Lipinski definition) is 9. The maximum absolute atomic E-state index is 12.8. The lowest BCUT2D eigenvalue weighted by Crippen LogP contribution is -2.60. The van der Waals surface area contributed by atoms with E-state index in [9.17, 15) is 29.4 Å². The molecule has 0 aliphatic heterocycles. The average molecular weight is 507 g/mol. The number of carbonyl (C=O) groups excluding carboxylic acids is 3. The molecule has 0 aromatic heterocycles. The lowest BCUT2D eigenvalue weighted by Gasteiger charge is -2.26. The molecule has 5 unspecified atom stereocenters. The van der Waals surface area contributed by atoms with Gasteiger partial charge in [-0.15, -0.1) is 0 Å². The van der Waals surface area contributed by atoms with Gasteiger partial charge in [-0.3, -0.25) is 19.4 Å². The number of rotatable bonds is 17. The van der Waals surface area contributed by atoms with Gasteiger partial charge in [-0.1, -0.05) is 0 Å². The Hall–Kier alpha value is -2.62. The van der Waals surface area contributed by atoms with Gasteiger partial charge in [0.15, 0.2) is 5.96 Å². The molecule has 0 bridgehead atoms. The van der Waals surface area contributed by atoms with Crippen LogP contribution in [-0.2, 0) is 19.2 Å². The van der Waals surface area contributed by atoms with Crippen LogP contribution < -0.4 is 38.9 Å². The summed E-state index contributed by atoms with van der Waals surface area (Å²) in [5, 5.41) is 26.6. The molecule has 5 atom stereocenters. The molecule has 0 radical (unpaired) electrons. The topological polar surface area (TPSA) is 261 Å². The van der Waals surface area contributed by atoms with Crippen LogP contribution in [0.4, 0.5) is 0 Å². The Balaban J connectivity index is 5.37. The zero-order chi connectivity index (χ0) is 26.3. The van der Waals surface area contributed by atoms with Gasteiger partial charge in [0, 0.05) is 12.3 Å². The number of nitrogens with zero attached hydrogens (tertiary/aromatic N) is 1. The van der Waals surface area contributed by atoms with Crippen LogP contribution in [0.25, 0.3) is 0 Å². The number of carboxylic acids is 1. The van der Waals surface area contributed by atoms with Gasteiger partial charge in [-0.05, 0) is 45.6 Å². The number of nitrogens with two attached hydrogens (primary N) is 4. The van der Waals surface area contributed by atoms with E-state index >= 15 is 0 Å². The standard InChI is InChI=1S/C19H38N8O6S/c1-10(28)14(27-15(29)11(21)9-34)17(31)25-12(5-2-3-7-20)16(30)26-13(18(32)33)6-4-8-24-19(22)23/h10-14,28,34H,2-9,20-21H2,1H3,(H,25,31)(H,26,30)(H,27,29)(H,32,33)(H4,22,23,24).